The maximum atomic E-state index is 11.7. The van der Waals surface area contributed by atoms with E-state index >= 15 is 0 Å². The first-order valence-electron chi connectivity index (χ1n) is 9.99. The molecule has 9 heteroatoms. The Morgan fingerprint density at radius 1 is 1.13 bits per heavy atom. The number of hydrogen-bond acceptors (Lipinski definition) is 7. The summed E-state index contributed by atoms with van der Waals surface area (Å²) in [5.74, 6) is 1.90. The van der Waals surface area contributed by atoms with E-state index in [0.717, 1.165) is 36.0 Å². The summed E-state index contributed by atoms with van der Waals surface area (Å²) >= 11 is 0. The van der Waals surface area contributed by atoms with Gasteiger partial charge in [0.05, 0.1) is 22.1 Å². The highest BCUT2D eigenvalue weighted by atomic mass is 32.2. The Labute approximate surface area is 179 Å². The number of hydrogen-bond donors (Lipinski definition) is 2. The smallest absolute Gasteiger partial charge is 0.175 e. The molecule has 1 aliphatic rings. The van der Waals surface area contributed by atoms with Crippen LogP contribution in [0.1, 0.15) is 24.4 Å². The number of sulfone groups is 1. The second-order valence-corrected chi connectivity index (χ2v) is 9.59. The van der Waals surface area contributed by atoms with E-state index in [9.17, 15) is 8.42 Å². The number of aromatic nitrogens is 4. The number of ether oxygens (including phenoxy) is 1. The van der Waals surface area contributed by atoms with Gasteiger partial charge in [-0.1, -0.05) is 0 Å². The Hall–Kier alpha value is -3.30. The number of aromatic amines is 1. The maximum absolute atomic E-state index is 11.7. The predicted molar refractivity (Wildman–Crippen MR) is 117 cm³/mol. The molecule has 158 valence electrons. The topological polar surface area (TPSA) is 110 Å². The number of benzene rings is 2. The van der Waals surface area contributed by atoms with E-state index in [1.165, 1.54) is 6.26 Å². The summed E-state index contributed by atoms with van der Waals surface area (Å²) in [5, 5.41) is 3.52. The second-order valence-electron chi connectivity index (χ2n) is 7.58. The first kappa shape index (κ1) is 19.7. The van der Waals surface area contributed by atoms with Gasteiger partial charge in [-0.3, -0.25) is 4.98 Å². The molecule has 0 aliphatic carbocycles. The Bertz CT molecular complexity index is 1330. The Balaban J connectivity index is 1.55. The van der Waals surface area contributed by atoms with Crippen LogP contribution >= 0.6 is 0 Å². The SMILES string of the molecule is CS(=O)(=O)c1ccc(Oc2cc3nc(-c4cnccn4)[nH]c3cc2C2CCCN2)cc1. The zero-order valence-corrected chi connectivity index (χ0v) is 17.7. The first-order chi connectivity index (χ1) is 15.0. The largest absolute Gasteiger partial charge is 0.457 e. The zero-order chi connectivity index (χ0) is 21.4. The van der Waals surface area contributed by atoms with Crippen molar-refractivity contribution < 1.29 is 13.2 Å². The number of nitrogens with zero attached hydrogens (tertiary/aromatic N) is 3. The molecule has 5 rings (SSSR count). The van der Waals surface area contributed by atoms with Gasteiger partial charge in [-0.25, -0.2) is 18.4 Å². The third-order valence-corrected chi connectivity index (χ3v) is 6.46. The number of nitrogens with one attached hydrogen (secondary N) is 2. The lowest BCUT2D eigenvalue weighted by Gasteiger charge is -2.17. The van der Waals surface area contributed by atoms with Gasteiger partial charge in [0.1, 0.15) is 17.2 Å². The highest BCUT2D eigenvalue weighted by Gasteiger charge is 2.22. The van der Waals surface area contributed by atoms with E-state index in [2.05, 4.69) is 31.3 Å². The third-order valence-electron chi connectivity index (χ3n) is 5.33. The molecule has 1 aliphatic heterocycles. The van der Waals surface area contributed by atoms with Crippen molar-refractivity contribution >= 4 is 20.9 Å². The van der Waals surface area contributed by atoms with Crippen LogP contribution < -0.4 is 10.1 Å². The van der Waals surface area contributed by atoms with Gasteiger partial charge in [-0.05, 0) is 49.7 Å². The van der Waals surface area contributed by atoms with Crippen LogP contribution in [0, 0.1) is 0 Å². The van der Waals surface area contributed by atoms with Crippen LogP contribution in [0.3, 0.4) is 0 Å². The molecule has 1 atom stereocenters. The molecule has 2 N–H and O–H groups in total. The molecule has 1 unspecified atom stereocenters. The zero-order valence-electron chi connectivity index (χ0n) is 16.9. The average molecular weight is 436 g/mol. The third kappa shape index (κ3) is 4.01. The van der Waals surface area contributed by atoms with E-state index in [1.54, 1.807) is 42.9 Å². The van der Waals surface area contributed by atoms with Crippen LogP contribution in [0.4, 0.5) is 0 Å². The first-order valence-corrected chi connectivity index (χ1v) is 11.9. The summed E-state index contributed by atoms with van der Waals surface area (Å²) in [6.45, 7) is 0.957. The van der Waals surface area contributed by atoms with Gasteiger partial charge in [0.25, 0.3) is 0 Å². The van der Waals surface area contributed by atoms with E-state index in [0.29, 0.717) is 23.0 Å². The van der Waals surface area contributed by atoms with Crippen LogP contribution in [0.15, 0.2) is 59.9 Å². The lowest BCUT2D eigenvalue weighted by Crippen LogP contribution is -2.13. The minimum absolute atomic E-state index is 0.179. The molecule has 3 heterocycles. The molecule has 4 aromatic rings. The van der Waals surface area contributed by atoms with Gasteiger partial charge in [0.15, 0.2) is 15.7 Å². The molecular weight excluding hydrogens is 414 g/mol. The van der Waals surface area contributed by atoms with E-state index in [-0.39, 0.29) is 10.9 Å². The summed E-state index contributed by atoms with van der Waals surface area (Å²) in [5.41, 5.74) is 3.35. The Morgan fingerprint density at radius 3 is 2.65 bits per heavy atom. The van der Waals surface area contributed by atoms with Crippen molar-refractivity contribution in [2.75, 3.05) is 12.8 Å². The molecule has 8 nitrogen and oxygen atoms in total. The molecule has 0 spiro atoms. The molecule has 1 saturated heterocycles. The van der Waals surface area contributed by atoms with Gasteiger partial charge >= 0.3 is 0 Å². The average Bonchev–Trinajstić information content (AvgIpc) is 3.43. The molecule has 0 saturated carbocycles. The summed E-state index contributed by atoms with van der Waals surface area (Å²) in [7, 11) is -3.26. The van der Waals surface area contributed by atoms with Crippen LogP contribution in [0.2, 0.25) is 0 Å². The van der Waals surface area contributed by atoms with Crippen molar-refractivity contribution in [3.63, 3.8) is 0 Å². The van der Waals surface area contributed by atoms with Crippen LogP contribution in [0.5, 0.6) is 11.5 Å². The second kappa shape index (κ2) is 7.75. The fourth-order valence-corrected chi connectivity index (χ4v) is 4.42. The van der Waals surface area contributed by atoms with Crippen molar-refractivity contribution in [2.24, 2.45) is 0 Å². The lowest BCUT2D eigenvalue weighted by molar-refractivity contribution is 0.466. The van der Waals surface area contributed by atoms with Gasteiger partial charge < -0.3 is 15.0 Å². The summed E-state index contributed by atoms with van der Waals surface area (Å²) in [6, 6.07) is 10.6. The normalized spacial score (nSPS) is 16.6. The molecule has 31 heavy (non-hydrogen) atoms. The monoisotopic (exact) mass is 435 g/mol. The highest BCUT2D eigenvalue weighted by molar-refractivity contribution is 7.90. The Kier molecular flexibility index (Phi) is 4.91. The van der Waals surface area contributed by atoms with E-state index in [4.69, 9.17) is 4.74 Å². The standard InChI is InChI=1S/C22H21N5O3S/c1-31(28,29)15-6-4-14(5-7-15)30-21-12-19-18(11-16(21)17-3-2-8-24-17)26-22(27-19)20-13-23-9-10-25-20/h4-7,9-13,17,24H,2-3,8H2,1H3,(H,26,27). The van der Waals surface area contributed by atoms with Gasteiger partial charge in [-0.15, -0.1) is 0 Å². The summed E-state index contributed by atoms with van der Waals surface area (Å²) in [6.07, 6.45) is 8.21. The molecule has 0 amide bonds. The van der Waals surface area contributed by atoms with E-state index in [1.807, 2.05) is 6.07 Å². The van der Waals surface area contributed by atoms with Crippen molar-refractivity contribution in [3.05, 3.63) is 60.6 Å². The van der Waals surface area contributed by atoms with Crippen LogP contribution in [-0.2, 0) is 9.84 Å². The van der Waals surface area contributed by atoms with Crippen LogP contribution in [0.25, 0.3) is 22.6 Å². The summed E-state index contributed by atoms with van der Waals surface area (Å²) in [4.78, 5) is 16.7. The number of fused-ring (bicyclic) bond motifs is 1. The minimum Gasteiger partial charge on any atom is -0.457 e. The minimum atomic E-state index is -3.26. The molecular formula is C22H21N5O3S. The summed E-state index contributed by atoms with van der Waals surface area (Å²) < 4.78 is 29.6. The fourth-order valence-electron chi connectivity index (χ4n) is 3.79. The van der Waals surface area contributed by atoms with Crippen LogP contribution in [-0.4, -0.2) is 41.2 Å². The Morgan fingerprint density at radius 2 is 1.97 bits per heavy atom. The fraction of sp³-hybridized carbons (Fsp3) is 0.227. The van der Waals surface area contributed by atoms with Gasteiger partial charge in [-0.2, -0.15) is 0 Å². The number of imidazole rings is 1. The van der Waals surface area contributed by atoms with Crippen molar-refractivity contribution in [1.29, 1.82) is 0 Å². The number of H-pyrrole nitrogens is 1. The lowest BCUT2D eigenvalue weighted by atomic mass is 10.0. The number of rotatable bonds is 5. The van der Waals surface area contributed by atoms with Gasteiger partial charge in [0.2, 0.25) is 0 Å². The highest BCUT2D eigenvalue weighted by Crippen LogP contribution is 2.37. The molecule has 0 radical (unpaired) electrons. The quantitative estimate of drug-likeness (QED) is 0.492. The van der Waals surface area contributed by atoms with Crippen molar-refractivity contribution in [3.8, 4) is 23.0 Å². The van der Waals surface area contributed by atoms with Gasteiger partial charge in [0, 0.05) is 36.3 Å². The molecule has 0 bridgehead atoms. The molecule has 2 aromatic carbocycles. The van der Waals surface area contributed by atoms with E-state index < -0.39 is 9.84 Å². The molecule has 2 aromatic heterocycles. The maximum Gasteiger partial charge on any atom is 0.175 e. The van der Waals surface area contributed by atoms with Crippen molar-refractivity contribution in [2.45, 2.75) is 23.8 Å². The van der Waals surface area contributed by atoms with Crippen molar-refractivity contribution in [1.82, 2.24) is 25.3 Å². The predicted octanol–water partition coefficient (Wildman–Crippen LogP) is 3.64. The molecule has 1 fully saturated rings.